The van der Waals surface area contributed by atoms with Crippen molar-refractivity contribution in [3.8, 4) is 0 Å². The van der Waals surface area contributed by atoms with E-state index in [1.165, 1.54) is 0 Å². The molecular weight excluding hydrogens is 307 g/mol. The summed E-state index contributed by atoms with van der Waals surface area (Å²) in [5.41, 5.74) is 5.22. The van der Waals surface area contributed by atoms with E-state index in [1.54, 1.807) is 11.1 Å². The summed E-state index contributed by atoms with van der Waals surface area (Å²) in [7, 11) is 0. The largest absolute Gasteiger partial charge is 0.368 e. The van der Waals surface area contributed by atoms with Crippen LogP contribution in [0.4, 0.5) is 5.82 Å². The second-order valence-corrected chi connectivity index (χ2v) is 5.24. The topological polar surface area (TPSA) is 72.1 Å². The molecule has 0 unspecified atom stereocenters. The van der Waals surface area contributed by atoms with Gasteiger partial charge in [0.1, 0.15) is 5.82 Å². The van der Waals surface area contributed by atoms with Gasteiger partial charge >= 0.3 is 0 Å². The van der Waals surface area contributed by atoms with Crippen molar-refractivity contribution in [1.29, 1.82) is 0 Å². The monoisotopic (exact) mass is 320 g/mol. The fourth-order valence-electron chi connectivity index (χ4n) is 1.41. The summed E-state index contributed by atoms with van der Waals surface area (Å²) < 4.78 is 0.684. The van der Waals surface area contributed by atoms with Gasteiger partial charge in [-0.3, -0.25) is 4.79 Å². The van der Waals surface area contributed by atoms with E-state index in [4.69, 9.17) is 17.3 Å². The van der Waals surface area contributed by atoms with E-state index < -0.39 is 5.91 Å². The van der Waals surface area contributed by atoms with Gasteiger partial charge in [0, 0.05) is 12.7 Å². The number of nitrogens with two attached hydrogens (primary N) is 1. The Morgan fingerprint density at radius 1 is 1.65 bits per heavy atom. The van der Waals surface area contributed by atoms with Crippen LogP contribution in [0.15, 0.2) is 10.7 Å². The molecule has 0 saturated heterocycles. The van der Waals surface area contributed by atoms with Crippen LogP contribution < -0.4 is 10.6 Å². The third-order valence-electron chi connectivity index (χ3n) is 1.93. The molecule has 0 bridgehead atoms. The number of hydrogen-bond donors (Lipinski definition) is 1. The Morgan fingerprint density at radius 2 is 2.29 bits per heavy atom. The molecule has 94 valence electrons. The molecule has 0 radical (unpaired) electrons. The van der Waals surface area contributed by atoms with Crippen molar-refractivity contribution in [3.63, 3.8) is 0 Å². The summed E-state index contributed by atoms with van der Waals surface area (Å²) in [6.07, 6.45) is 1.55. The molecule has 1 amide bonds. The average Bonchev–Trinajstić information content (AvgIpc) is 2.19. The van der Waals surface area contributed by atoms with Crippen LogP contribution in [0, 0.1) is 5.92 Å². The fourth-order valence-corrected chi connectivity index (χ4v) is 1.98. The zero-order valence-electron chi connectivity index (χ0n) is 9.65. The van der Waals surface area contributed by atoms with Crippen LogP contribution in [0.2, 0.25) is 5.28 Å². The van der Waals surface area contributed by atoms with Crippen LogP contribution in [-0.4, -0.2) is 29.0 Å². The van der Waals surface area contributed by atoms with Crippen LogP contribution in [0.1, 0.15) is 13.8 Å². The van der Waals surface area contributed by atoms with Crippen molar-refractivity contribution < 1.29 is 4.79 Å². The third-order valence-corrected chi connectivity index (χ3v) is 2.67. The second-order valence-electron chi connectivity index (χ2n) is 4.05. The van der Waals surface area contributed by atoms with E-state index >= 15 is 0 Å². The molecule has 17 heavy (non-hydrogen) atoms. The lowest BCUT2D eigenvalue weighted by Crippen LogP contribution is -2.37. The molecule has 0 aliphatic heterocycles. The number of aromatic nitrogens is 2. The molecule has 0 atom stereocenters. The first-order valence-corrected chi connectivity index (χ1v) is 6.28. The average molecular weight is 322 g/mol. The normalized spacial score (nSPS) is 10.6. The standard InChI is InChI=1S/C10H14BrClN4O/c1-6(2)4-16(5-8(13)17)9-7(11)3-14-10(12)15-9/h3,6H,4-5H2,1-2H3,(H2,13,17). The summed E-state index contributed by atoms with van der Waals surface area (Å²) in [4.78, 5) is 20.8. The Bertz CT molecular complexity index is 413. The Balaban J connectivity index is 3.02. The molecule has 1 heterocycles. The Hall–Kier alpha value is -0.880. The maximum atomic E-state index is 11.0. The van der Waals surface area contributed by atoms with Crippen LogP contribution in [0.25, 0.3) is 0 Å². The molecule has 1 rings (SSSR count). The quantitative estimate of drug-likeness (QED) is 0.840. The Labute approximate surface area is 113 Å². The van der Waals surface area contributed by atoms with E-state index in [0.29, 0.717) is 22.8 Å². The number of carbonyl (C=O) groups is 1. The van der Waals surface area contributed by atoms with E-state index in [2.05, 4.69) is 25.9 Å². The first kappa shape index (κ1) is 14.2. The molecular formula is C10H14BrClN4O. The number of rotatable bonds is 5. The molecule has 7 heteroatoms. The minimum Gasteiger partial charge on any atom is -0.368 e. The highest BCUT2D eigenvalue weighted by atomic mass is 79.9. The van der Waals surface area contributed by atoms with Crippen molar-refractivity contribution in [2.45, 2.75) is 13.8 Å². The highest BCUT2D eigenvalue weighted by Crippen LogP contribution is 2.24. The van der Waals surface area contributed by atoms with Crippen molar-refractivity contribution in [1.82, 2.24) is 9.97 Å². The summed E-state index contributed by atoms with van der Waals surface area (Å²) >= 11 is 9.08. The smallest absolute Gasteiger partial charge is 0.236 e. The van der Waals surface area contributed by atoms with Gasteiger partial charge in [0.2, 0.25) is 11.2 Å². The van der Waals surface area contributed by atoms with Crippen LogP contribution in [-0.2, 0) is 4.79 Å². The SMILES string of the molecule is CC(C)CN(CC(N)=O)c1nc(Cl)ncc1Br. The van der Waals surface area contributed by atoms with Gasteiger partial charge in [-0.2, -0.15) is 4.98 Å². The number of nitrogens with zero attached hydrogens (tertiary/aromatic N) is 3. The highest BCUT2D eigenvalue weighted by Gasteiger charge is 2.16. The van der Waals surface area contributed by atoms with Crippen molar-refractivity contribution in [2.24, 2.45) is 11.7 Å². The van der Waals surface area contributed by atoms with Crippen LogP contribution >= 0.6 is 27.5 Å². The molecule has 0 aliphatic carbocycles. The third kappa shape index (κ3) is 4.47. The van der Waals surface area contributed by atoms with Gasteiger partial charge in [0.15, 0.2) is 0 Å². The number of carbonyl (C=O) groups excluding carboxylic acids is 1. The first-order chi connectivity index (χ1) is 7.90. The molecule has 0 fully saturated rings. The molecule has 0 spiro atoms. The molecule has 5 nitrogen and oxygen atoms in total. The minimum absolute atomic E-state index is 0.101. The van der Waals surface area contributed by atoms with Gasteiger partial charge in [-0.25, -0.2) is 4.98 Å². The van der Waals surface area contributed by atoms with E-state index in [9.17, 15) is 4.79 Å². The number of amides is 1. The number of hydrogen-bond acceptors (Lipinski definition) is 4. The molecule has 0 aromatic carbocycles. The summed E-state index contributed by atoms with van der Waals surface area (Å²) in [5, 5.41) is 0.140. The maximum absolute atomic E-state index is 11.0. The molecule has 1 aromatic rings. The zero-order chi connectivity index (χ0) is 13.0. The van der Waals surface area contributed by atoms with Gasteiger partial charge in [-0.15, -0.1) is 0 Å². The minimum atomic E-state index is -0.410. The van der Waals surface area contributed by atoms with Crippen LogP contribution in [0.3, 0.4) is 0 Å². The second kappa shape index (κ2) is 6.16. The predicted molar refractivity (Wildman–Crippen MR) is 71.0 cm³/mol. The van der Waals surface area contributed by atoms with Crippen LogP contribution in [0.5, 0.6) is 0 Å². The number of halogens is 2. The zero-order valence-corrected chi connectivity index (χ0v) is 12.0. The van der Waals surface area contributed by atoms with E-state index in [1.807, 2.05) is 13.8 Å². The lowest BCUT2D eigenvalue weighted by atomic mass is 10.2. The van der Waals surface area contributed by atoms with Crippen molar-refractivity contribution >= 4 is 39.3 Å². The van der Waals surface area contributed by atoms with E-state index in [-0.39, 0.29) is 11.8 Å². The molecule has 1 aromatic heterocycles. The van der Waals surface area contributed by atoms with Gasteiger partial charge in [0.25, 0.3) is 0 Å². The summed E-state index contributed by atoms with van der Waals surface area (Å²) in [5.74, 6) is 0.541. The Morgan fingerprint density at radius 3 is 2.82 bits per heavy atom. The van der Waals surface area contributed by atoms with Gasteiger partial charge < -0.3 is 10.6 Å². The van der Waals surface area contributed by atoms with Gasteiger partial charge in [-0.1, -0.05) is 13.8 Å². The van der Waals surface area contributed by atoms with Gasteiger partial charge in [-0.05, 0) is 33.4 Å². The van der Waals surface area contributed by atoms with Crippen molar-refractivity contribution in [3.05, 3.63) is 16.0 Å². The molecule has 2 N–H and O–H groups in total. The van der Waals surface area contributed by atoms with Gasteiger partial charge in [0.05, 0.1) is 11.0 Å². The fraction of sp³-hybridized carbons (Fsp3) is 0.500. The summed E-state index contributed by atoms with van der Waals surface area (Å²) in [6, 6.07) is 0. The number of primary amides is 1. The lowest BCUT2D eigenvalue weighted by Gasteiger charge is -2.24. The highest BCUT2D eigenvalue weighted by molar-refractivity contribution is 9.10. The summed E-state index contributed by atoms with van der Waals surface area (Å²) in [6.45, 7) is 4.86. The Kier molecular flexibility index (Phi) is 5.14. The lowest BCUT2D eigenvalue weighted by molar-refractivity contribution is -0.116. The van der Waals surface area contributed by atoms with Crippen molar-refractivity contribution in [2.75, 3.05) is 18.0 Å². The van der Waals surface area contributed by atoms with E-state index in [0.717, 1.165) is 0 Å². The number of anilines is 1. The first-order valence-electron chi connectivity index (χ1n) is 5.11. The maximum Gasteiger partial charge on any atom is 0.236 e. The molecule has 0 aliphatic rings. The molecule has 0 saturated carbocycles. The predicted octanol–water partition coefficient (Wildman–Crippen LogP) is 1.84.